The maximum absolute atomic E-state index is 12.5. The number of anilines is 1. The molecule has 2 amide bonds. The molecule has 1 aliphatic rings. The summed E-state index contributed by atoms with van der Waals surface area (Å²) >= 11 is 3.28. The van der Waals surface area contributed by atoms with E-state index in [2.05, 4.69) is 15.9 Å². The van der Waals surface area contributed by atoms with Gasteiger partial charge in [0, 0.05) is 0 Å². The Labute approximate surface area is 134 Å². The van der Waals surface area contributed by atoms with Crippen LogP contribution in [0.25, 0.3) is 0 Å². The minimum atomic E-state index is -0.443. The fourth-order valence-electron chi connectivity index (χ4n) is 2.45. The molecule has 2 aromatic rings. The lowest BCUT2D eigenvalue weighted by Crippen LogP contribution is -2.30. The normalized spacial score (nSPS) is 13.0. The lowest BCUT2D eigenvalue weighted by molar-refractivity contribution is 0.0926. The lowest BCUT2D eigenvalue weighted by Gasteiger charge is -2.17. The highest BCUT2D eigenvalue weighted by atomic mass is 79.9. The molecule has 6 heteroatoms. The maximum Gasteiger partial charge on any atom is 0.266 e. The van der Waals surface area contributed by atoms with Crippen LogP contribution in [0.4, 0.5) is 5.69 Å². The van der Waals surface area contributed by atoms with E-state index in [0.29, 0.717) is 15.6 Å². The number of halogens is 1. The number of methoxy groups -OCH3 is 1. The fourth-order valence-corrected chi connectivity index (χ4v) is 2.94. The number of imide groups is 1. The first-order valence-corrected chi connectivity index (χ1v) is 7.14. The molecule has 0 saturated carbocycles. The van der Waals surface area contributed by atoms with E-state index in [4.69, 9.17) is 4.74 Å². The zero-order chi connectivity index (χ0) is 15.9. The molecule has 0 atom stereocenters. The molecule has 1 aliphatic heterocycles. The summed E-state index contributed by atoms with van der Waals surface area (Å²) in [5.74, 6) is -0.598. The van der Waals surface area contributed by atoms with Crippen LogP contribution < -0.4 is 9.64 Å². The minimum absolute atomic E-state index is 0.131. The van der Waals surface area contributed by atoms with Gasteiger partial charge in [0.15, 0.2) is 5.75 Å². The summed E-state index contributed by atoms with van der Waals surface area (Å²) in [6.45, 7) is 0. The molecule has 0 N–H and O–H groups in total. The second-order valence-corrected chi connectivity index (χ2v) is 5.43. The molecule has 5 nitrogen and oxygen atoms in total. The van der Waals surface area contributed by atoms with Crippen molar-refractivity contribution in [2.75, 3.05) is 12.0 Å². The van der Waals surface area contributed by atoms with E-state index in [-0.39, 0.29) is 17.0 Å². The van der Waals surface area contributed by atoms with Crippen LogP contribution in [0.3, 0.4) is 0 Å². The van der Waals surface area contributed by atoms with Crippen molar-refractivity contribution in [3.05, 3.63) is 57.6 Å². The van der Waals surface area contributed by atoms with Gasteiger partial charge in [-0.15, -0.1) is 0 Å². The lowest BCUT2D eigenvalue weighted by atomic mass is 10.1. The van der Waals surface area contributed by atoms with E-state index < -0.39 is 11.8 Å². The average Bonchev–Trinajstić information content (AvgIpc) is 2.79. The quantitative estimate of drug-likeness (QED) is 0.775. The molecule has 2 aromatic carbocycles. The summed E-state index contributed by atoms with van der Waals surface area (Å²) in [4.78, 5) is 26.0. The van der Waals surface area contributed by atoms with Gasteiger partial charge in [-0.25, -0.2) is 4.90 Å². The number of hydrogen-bond donors (Lipinski definition) is 0. The highest BCUT2D eigenvalue weighted by molar-refractivity contribution is 9.10. The van der Waals surface area contributed by atoms with E-state index in [1.807, 2.05) is 6.07 Å². The molecule has 3 rings (SSSR count). The summed E-state index contributed by atoms with van der Waals surface area (Å²) in [5, 5.41) is 9.40. The van der Waals surface area contributed by atoms with Crippen LogP contribution in [-0.4, -0.2) is 18.9 Å². The Bertz CT molecular complexity index is 820. The number of carbonyl (C=O) groups excluding carboxylic acids is 2. The van der Waals surface area contributed by atoms with Crippen molar-refractivity contribution in [2.24, 2.45) is 0 Å². The van der Waals surface area contributed by atoms with Crippen molar-refractivity contribution in [2.45, 2.75) is 0 Å². The Morgan fingerprint density at radius 2 is 1.68 bits per heavy atom. The molecule has 1 heterocycles. The molecule has 0 aliphatic carbocycles. The number of carbonyl (C=O) groups is 2. The molecule has 0 unspecified atom stereocenters. The topological polar surface area (TPSA) is 70.4 Å². The van der Waals surface area contributed by atoms with Gasteiger partial charge in [-0.1, -0.05) is 12.1 Å². The van der Waals surface area contributed by atoms with Crippen molar-refractivity contribution in [3.8, 4) is 11.8 Å². The van der Waals surface area contributed by atoms with E-state index in [1.54, 1.807) is 36.4 Å². The summed E-state index contributed by atoms with van der Waals surface area (Å²) < 4.78 is 5.77. The zero-order valence-electron chi connectivity index (χ0n) is 11.5. The van der Waals surface area contributed by atoms with Gasteiger partial charge < -0.3 is 4.74 Å². The third-order valence-corrected chi connectivity index (χ3v) is 4.06. The number of benzene rings is 2. The van der Waals surface area contributed by atoms with Gasteiger partial charge in [0.1, 0.15) is 11.6 Å². The molecule has 0 spiro atoms. The number of nitriles is 1. The predicted molar refractivity (Wildman–Crippen MR) is 83.0 cm³/mol. The molecule has 0 bridgehead atoms. The van der Waals surface area contributed by atoms with Crippen molar-refractivity contribution in [1.82, 2.24) is 0 Å². The summed E-state index contributed by atoms with van der Waals surface area (Å²) in [6, 6.07) is 11.8. The van der Waals surface area contributed by atoms with Gasteiger partial charge in [-0.05, 0) is 40.2 Å². The van der Waals surface area contributed by atoms with Gasteiger partial charge in [0.05, 0.1) is 28.4 Å². The van der Waals surface area contributed by atoms with Crippen molar-refractivity contribution >= 4 is 33.4 Å². The zero-order valence-corrected chi connectivity index (χ0v) is 13.0. The number of ether oxygens (including phenoxy) is 1. The molecule has 0 fully saturated rings. The Hall–Kier alpha value is -2.65. The van der Waals surface area contributed by atoms with E-state index in [0.717, 1.165) is 4.90 Å². The standard InChI is InChI=1S/C16H9BrN2O3/c1-22-14-11(8-18)13(7-6-12(14)17)19-15(20)9-4-2-3-5-10(9)16(19)21/h2-7H,1H3. The Morgan fingerprint density at radius 3 is 2.18 bits per heavy atom. The number of hydrogen-bond acceptors (Lipinski definition) is 4. The number of rotatable bonds is 2. The van der Waals surface area contributed by atoms with Crippen LogP contribution in [0, 0.1) is 11.3 Å². The second-order valence-electron chi connectivity index (χ2n) is 4.58. The van der Waals surface area contributed by atoms with Gasteiger partial charge >= 0.3 is 0 Å². The van der Waals surface area contributed by atoms with Gasteiger partial charge in [0.25, 0.3) is 11.8 Å². The van der Waals surface area contributed by atoms with Crippen LogP contribution in [0.2, 0.25) is 0 Å². The monoisotopic (exact) mass is 356 g/mol. The van der Waals surface area contributed by atoms with Crippen LogP contribution in [-0.2, 0) is 0 Å². The molecule has 0 saturated heterocycles. The van der Waals surface area contributed by atoms with E-state index in [1.165, 1.54) is 7.11 Å². The summed E-state index contributed by atoms with van der Waals surface area (Å²) in [7, 11) is 1.42. The summed E-state index contributed by atoms with van der Waals surface area (Å²) in [6.07, 6.45) is 0. The van der Waals surface area contributed by atoms with E-state index in [9.17, 15) is 14.9 Å². The van der Waals surface area contributed by atoms with Crippen LogP contribution in [0.15, 0.2) is 40.9 Å². The largest absolute Gasteiger partial charge is 0.494 e. The average molecular weight is 357 g/mol. The highest BCUT2D eigenvalue weighted by Gasteiger charge is 2.38. The number of nitrogens with zero attached hydrogens (tertiary/aromatic N) is 2. The SMILES string of the molecule is COc1c(Br)ccc(N2C(=O)c3ccccc3C2=O)c1C#N. The van der Waals surface area contributed by atoms with Crippen molar-refractivity contribution < 1.29 is 14.3 Å². The Kier molecular flexibility index (Phi) is 3.43. The molecule has 108 valence electrons. The van der Waals surface area contributed by atoms with Crippen LogP contribution >= 0.6 is 15.9 Å². The first-order chi connectivity index (χ1) is 10.6. The minimum Gasteiger partial charge on any atom is -0.494 e. The first kappa shape index (κ1) is 14.3. The van der Waals surface area contributed by atoms with Crippen LogP contribution in [0.5, 0.6) is 5.75 Å². The molecule has 0 aromatic heterocycles. The maximum atomic E-state index is 12.5. The Morgan fingerprint density at radius 1 is 1.09 bits per heavy atom. The Balaban J connectivity index is 2.21. The number of fused-ring (bicyclic) bond motifs is 1. The predicted octanol–water partition coefficient (Wildman–Crippen LogP) is 3.13. The molecule has 0 radical (unpaired) electrons. The second kappa shape index (κ2) is 5.28. The van der Waals surface area contributed by atoms with Crippen molar-refractivity contribution in [1.29, 1.82) is 5.26 Å². The highest BCUT2D eigenvalue weighted by Crippen LogP contribution is 2.38. The van der Waals surface area contributed by atoms with Crippen molar-refractivity contribution in [3.63, 3.8) is 0 Å². The number of amides is 2. The first-order valence-electron chi connectivity index (χ1n) is 6.34. The van der Waals surface area contributed by atoms with E-state index >= 15 is 0 Å². The molecular weight excluding hydrogens is 348 g/mol. The molecule has 22 heavy (non-hydrogen) atoms. The smallest absolute Gasteiger partial charge is 0.266 e. The van der Waals surface area contributed by atoms with Crippen LogP contribution in [0.1, 0.15) is 26.3 Å². The third-order valence-electron chi connectivity index (χ3n) is 3.44. The fraction of sp³-hybridized carbons (Fsp3) is 0.0625. The molecular formula is C16H9BrN2O3. The van der Waals surface area contributed by atoms with Gasteiger partial charge in [-0.2, -0.15) is 5.26 Å². The van der Waals surface area contributed by atoms with Gasteiger partial charge in [0.2, 0.25) is 0 Å². The summed E-state index contributed by atoms with van der Waals surface area (Å²) in [5.41, 5.74) is 1.01. The van der Waals surface area contributed by atoms with Gasteiger partial charge in [-0.3, -0.25) is 9.59 Å². The third kappa shape index (κ3) is 1.90.